The number of amides is 1. The molecule has 1 aromatic carbocycles. The van der Waals surface area contributed by atoms with E-state index in [2.05, 4.69) is 20.9 Å². The number of hydrogen-bond acceptors (Lipinski definition) is 6. The Morgan fingerprint density at radius 3 is 2.54 bits per heavy atom. The highest BCUT2D eigenvalue weighted by Gasteiger charge is 2.14. The molecule has 0 saturated heterocycles. The molecular formula is C17H22F2N4O3. The van der Waals surface area contributed by atoms with Gasteiger partial charge in [0.05, 0.1) is 5.56 Å². The van der Waals surface area contributed by atoms with E-state index in [9.17, 15) is 8.78 Å². The van der Waals surface area contributed by atoms with Gasteiger partial charge in [-0.1, -0.05) is 19.1 Å². The SMILES string of the molecule is CCc1cccc(OCc2c(NC)cccc2OC(F)F)n1.NNC=O. The Hall–Kier alpha value is -2.94. The Labute approximate surface area is 150 Å². The minimum Gasteiger partial charge on any atom is -0.473 e. The maximum Gasteiger partial charge on any atom is 0.387 e. The molecule has 7 nitrogen and oxygen atoms in total. The number of anilines is 1. The van der Waals surface area contributed by atoms with Crippen LogP contribution in [0.25, 0.3) is 0 Å². The molecule has 0 unspecified atom stereocenters. The Bertz CT molecular complexity index is 687. The van der Waals surface area contributed by atoms with Gasteiger partial charge in [0.1, 0.15) is 12.4 Å². The molecule has 0 saturated carbocycles. The van der Waals surface area contributed by atoms with Crippen molar-refractivity contribution < 1.29 is 23.0 Å². The molecule has 9 heteroatoms. The average molecular weight is 368 g/mol. The number of benzene rings is 1. The Kier molecular flexibility index (Phi) is 9.40. The number of pyridine rings is 1. The lowest BCUT2D eigenvalue weighted by atomic mass is 10.1. The lowest BCUT2D eigenvalue weighted by Gasteiger charge is -2.15. The number of alkyl halides is 2. The number of halogens is 2. The van der Waals surface area contributed by atoms with E-state index in [1.54, 1.807) is 30.7 Å². The lowest BCUT2D eigenvalue weighted by molar-refractivity contribution is -0.109. The summed E-state index contributed by atoms with van der Waals surface area (Å²) < 4.78 is 35.2. The number of nitrogens with two attached hydrogens (primary N) is 1. The number of aromatic nitrogens is 1. The fourth-order valence-electron chi connectivity index (χ4n) is 2.04. The van der Waals surface area contributed by atoms with Gasteiger partial charge in [-0.2, -0.15) is 8.78 Å². The zero-order valence-electron chi connectivity index (χ0n) is 14.5. The quantitative estimate of drug-likeness (QED) is 0.287. The van der Waals surface area contributed by atoms with Gasteiger partial charge in [-0.15, -0.1) is 0 Å². The van der Waals surface area contributed by atoms with Gasteiger partial charge in [0, 0.05) is 24.5 Å². The molecule has 0 aliphatic rings. The number of ether oxygens (including phenoxy) is 2. The van der Waals surface area contributed by atoms with Crippen LogP contribution in [0.2, 0.25) is 0 Å². The van der Waals surface area contributed by atoms with Gasteiger partial charge >= 0.3 is 6.61 Å². The van der Waals surface area contributed by atoms with Gasteiger partial charge < -0.3 is 14.8 Å². The number of aryl methyl sites for hydroxylation is 1. The molecule has 0 atom stereocenters. The van der Waals surface area contributed by atoms with Gasteiger partial charge in [0.15, 0.2) is 0 Å². The summed E-state index contributed by atoms with van der Waals surface area (Å²) in [5.41, 5.74) is 3.85. The van der Waals surface area contributed by atoms with Crippen molar-refractivity contribution in [1.82, 2.24) is 10.4 Å². The van der Waals surface area contributed by atoms with Gasteiger partial charge in [-0.05, 0) is 24.6 Å². The fraction of sp³-hybridized carbons (Fsp3) is 0.294. The van der Waals surface area contributed by atoms with Crippen LogP contribution in [0.3, 0.4) is 0 Å². The van der Waals surface area contributed by atoms with Crippen LogP contribution in [0.15, 0.2) is 36.4 Å². The minimum absolute atomic E-state index is 0.0826. The zero-order valence-corrected chi connectivity index (χ0v) is 14.5. The first-order valence-corrected chi connectivity index (χ1v) is 7.78. The van der Waals surface area contributed by atoms with Crippen molar-refractivity contribution >= 4 is 12.1 Å². The fourth-order valence-corrected chi connectivity index (χ4v) is 2.04. The van der Waals surface area contributed by atoms with Crippen molar-refractivity contribution in [3.63, 3.8) is 0 Å². The van der Waals surface area contributed by atoms with E-state index in [0.29, 0.717) is 23.5 Å². The smallest absolute Gasteiger partial charge is 0.387 e. The molecule has 1 aromatic heterocycles. The summed E-state index contributed by atoms with van der Waals surface area (Å²) >= 11 is 0. The molecular weight excluding hydrogens is 346 g/mol. The van der Waals surface area contributed by atoms with Crippen LogP contribution < -0.4 is 26.1 Å². The molecule has 2 aromatic rings. The first-order chi connectivity index (χ1) is 12.5. The van der Waals surface area contributed by atoms with Crippen LogP contribution in [-0.2, 0) is 17.8 Å². The number of nitrogens with one attached hydrogen (secondary N) is 2. The van der Waals surface area contributed by atoms with Crippen molar-refractivity contribution in [3.8, 4) is 11.6 Å². The molecule has 2 rings (SSSR count). The Morgan fingerprint density at radius 1 is 1.27 bits per heavy atom. The lowest BCUT2D eigenvalue weighted by Crippen LogP contribution is -2.18. The summed E-state index contributed by atoms with van der Waals surface area (Å²) in [4.78, 5) is 13.3. The van der Waals surface area contributed by atoms with Crippen LogP contribution in [0.1, 0.15) is 18.2 Å². The van der Waals surface area contributed by atoms with E-state index in [1.165, 1.54) is 6.07 Å². The highest BCUT2D eigenvalue weighted by atomic mass is 19.3. The van der Waals surface area contributed by atoms with Crippen LogP contribution in [0.5, 0.6) is 11.6 Å². The van der Waals surface area contributed by atoms with Crippen LogP contribution in [0.4, 0.5) is 14.5 Å². The molecule has 0 aliphatic carbocycles. The standard InChI is InChI=1S/C16H18F2N2O2.CH4N2O/c1-3-11-6-4-9-15(20-11)21-10-12-13(19-2)7-5-8-14(12)22-16(17)18;2-3-1-4/h4-9,16,19H,3,10H2,1-2H3;1H,2H2,(H,3,4). The van der Waals surface area contributed by atoms with E-state index in [-0.39, 0.29) is 12.4 Å². The summed E-state index contributed by atoms with van der Waals surface area (Å²) in [5.74, 6) is 4.95. The highest BCUT2D eigenvalue weighted by Crippen LogP contribution is 2.29. The molecule has 0 bridgehead atoms. The summed E-state index contributed by atoms with van der Waals surface area (Å²) in [5, 5.41) is 2.94. The average Bonchev–Trinajstić information content (AvgIpc) is 2.66. The van der Waals surface area contributed by atoms with Gasteiger partial charge in [-0.3, -0.25) is 10.2 Å². The van der Waals surface area contributed by atoms with Crippen molar-refractivity contribution in [2.45, 2.75) is 26.6 Å². The third-order valence-electron chi connectivity index (χ3n) is 3.19. The molecule has 0 spiro atoms. The summed E-state index contributed by atoms with van der Waals surface area (Å²) in [6.45, 7) is -0.802. The molecule has 0 radical (unpaired) electrons. The van der Waals surface area contributed by atoms with Crippen molar-refractivity contribution in [2.24, 2.45) is 5.84 Å². The first kappa shape index (κ1) is 21.1. The van der Waals surface area contributed by atoms with E-state index >= 15 is 0 Å². The minimum atomic E-state index is -2.88. The number of hydrazine groups is 1. The van der Waals surface area contributed by atoms with Crippen molar-refractivity contribution in [3.05, 3.63) is 47.7 Å². The van der Waals surface area contributed by atoms with Gasteiger partial charge in [-0.25, -0.2) is 10.8 Å². The molecule has 1 heterocycles. The van der Waals surface area contributed by atoms with Crippen molar-refractivity contribution in [2.75, 3.05) is 12.4 Å². The molecule has 142 valence electrons. The van der Waals surface area contributed by atoms with Crippen LogP contribution >= 0.6 is 0 Å². The Balaban J connectivity index is 0.000000765. The maximum atomic E-state index is 12.5. The number of carbonyl (C=O) groups excluding carboxylic acids is 1. The summed E-state index contributed by atoms with van der Waals surface area (Å²) in [6, 6.07) is 10.4. The first-order valence-electron chi connectivity index (χ1n) is 7.78. The van der Waals surface area contributed by atoms with Gasteiger partial charge in [0.2, 0.25) is 12.3 Å². The number of nitrogens with zero attached hydrogens (tertiary/aromatic N) is 1. The molecule has 0 fully saturated rings. The largest absolute Gasteiger partial charge is 0.473 e. The molecule has 26 heavy (non-hydrogen) atoms. The predicted octanol–water partition coefficient (Wildman–Crippen LogP) is 2.47. The van der Waals surface area contributed by atoms with E-state index in [4.69, 9.17) is 9.53 Å². The number of hydrogen-bond donors (Lipinski definition) is 3. The predicted molar refractivity (Wildman–Crippen MR) is 94.0 cm³/mol. The Morgan fingerprint density at radius 2 is 1.96 bits per heavy atom. The second-order valence-electron chi connectivity index (χ2n) is 4.80. The molecule has 0 aliphatic heterocycles. The van der Waals surface area contributed by atoms with Crippen molar-refractivity contribution in [1.29, 1.82) is 0 Å². The number of carbonyl (C=O) groups is 1. The summed E-state index contributed by atoms with van der Waals surface area (Å²) in [6.07, 6.45) is 1.20. The van der Waals surface area contributed by atoms with Crippen LogP contribution in [-0.4, -0.2) is 25.1 Å². The summed E-state index contributed by atoms with van der Waals surface area (Å²) in [7, 11) is 1.71. The highest BCUT2D eigenvalue weighted by molar-refractivity contribution is 5.57. The van der Waals surface area contributed by atoms with E-state index < -0.39 is 6.61 Å². The van der Waals surface area contributed by atoms with Crippen LogP contribution in [0, 0.1) is 0 Å². The van der Waals surface area contributed by atoms with E-state index in [1.807, 2.05) is 19.1 Å². The van der Waals surface area contributed by atoms with Gasteiger partial charge in [0.25, 0.3) is 0 Å². The molecule has 1 amide bonds. The second kappa shape index (κ2) is 11.6. The second-order valence-corrected chi connectivity index (χ2v) is 4.80. The van der Waals surface area contributed by atoms with E-state index in [0.717, 1.165) is 12.1 Å². The maximum absolute atomic E-state index is 12.5. The zero-order chi connectivity index (χ0) is 19.4. The monoisotopic (exact) mass is 368 g/mol. The number of rotatable bonds is 8. The molecule has 4 N–H and O–H groups in total. The topological polar surface area (TPSA) is 98.5 Å². The normalized spacial score (nSPS) is 9.77. The third-order valence-corrected chi connectivity index (χ3v) is 3.19. The third kappa shape index (κ3) is 6.89.